The van der Waals surface area contributed by atoms with E-state index in [2.05, 4.69) is 201 Å². The molecule has 6 rings (SSSR count). The van der Waals surface area contributed by atoms with Crippen LogP contribution >= 0.6 is 15.8 Å². The quantitative estimate of drug-likeness (QED) is 0.130. The lowest BCUT2D eigenvalue weighted by Gasteiger charge is -2.35. The molecule has 0 bridgehead atoms. The van der Waals surface area contributed by atoms with Gasteiger partial charge in [0.05, 0.1) is 14.2 Å². The van der Waals surface area contributed by atoms with Gasteiger partial charge in [-0.05, 0) is 71.2 Å². The van der Waals surface area contributed by atoms with Crippen molar-refractivity contribution in [1.82, 2.24) is 0 Å². The molecule has 0 atom stereocenters. The van der Waals surface area contributed by atoms with Gasteiger partial charge in [0.15, 0.2) is 0 Å². The van der Waals surface area contributed by atoms with Gasteiger partial charge < -0.3 is 9.47 Å². The van der Waals surface area contributed by atoms with Crippen LogP contribution in [0, 0.1) is 0 Å². The third kappa shape index (κ3) is 8.01. The summed E-state index contributed by atoms with van der Waals surface area (Å²) in [6.45, 7) is 18.6. The lowest BCUT2D eigenvalue weighted by Crippen LogP contribution is -2.31. The molecular formula is C49H54O2P2. The number of ether oxygens (including phenoxy) is 2. The minimum atomic E-state index is -0.920. The minimum absolute atomic E-state index is 0.156. The summed E-state index contributed by atoms with van der Waals surface area (Å²) in [5.41, 5.74) is 4.31. The highest BCUT2D eigenvalue weighted by molar-refractivity contribution is 7.80. The van der Waals surface area contributed by atoms with E-state index in [4.69, 9.17) is 9.47 Å². The summed E-state index contributed by atoms with van der Waals surface area (Å²) in [5, 5.41) is 7.71. The molecule has 0 radical (unpaired) electrons. The molecule has 53 heavy (non-hydrogen) atoms. The number of rotatable bonds is 10. The van der Waals surface area contributed by atoms with E-state index in [0.717, 1.165) is 11.5 Å². The molecule has 0 aliphatic rings. The highest BCUT2D eigenvalue weighted by atomic mass is 31.1. The number of hydrogen-bond acceptors (Lipinski definition) is 2. The van der Waals surface area contributed by atoms with Crippen LogP contribution in [0.2, 0.25) is 0 Å². The Labute approximate surface area is 321 Å². The monoisotopic (exact) mass is 736 g/mol. The van der Waals surface area contributed by atoms with Gasteiger partial charge in [0.25, 0.3) is 0 Å². The fraction of sp³-hybridized carbons (Fsp3) is 0.265. The molecule has 0 aromatic heterocycles. The smallest absolute Gasteiger partial charge is 0.130 e. The average molecular weight is 737 g/mol. The largest absolute Gasteiger partial charge is 0.496 e. The molecule has 0 heterocycles. The van der Waals surface area contributed by atoms with Crippen LogP contribution in [-0.2, 0) is 16.2 Å². The second-order valence-corrected chi connectivity index (χ2v) is 20.7. The third-order valence-corrected chi connectivity index (χ3v) is 15.0. The van der Waals surface area contributed by atoms with Gasteiger partial charge in [0.2, 0.25) is 0 Å². The summed E-state index contributed by atoms with van der Waals surface area (Å²) in [4.78, 5) is 0. The predicted molar refractivity (Wildman–Crippen MR) is 233 cm³/mol. The molecule has 0 amide bonds. The van der Waals surface area contributed by atoms with E-state index in [9.17, 15) is 0 Å². The molecule has 272 valence electrons. The molecule has 6 aromatic carbocycles. The van der Waals surface area contributed by atoms with Crippen molar-refractivity contribution in [3.63, 3.8) is 0 Å². The zero-order chi connectivity index (χ0) is 38.0. The second kappa shape index (κ2) is 15.6. The van der Waals surface area contributed by atoms with Crippen molar-refractivity contribution in [2.75, 3.05) is 14.2 Å². The Kier molecular flexibility index (Phi) is 11.4. The maximum Gasteiger partial charge on any atom is 0.130 e. The first-order valence-corrected chi connectivity index (χ1v) is 21.2. The van der Waals surface area contributed by atoms with E-state index in [1.165, 1.54) is 54.1 Å². The van der Waals surface area contributed by atoms with E-state index in [-0.39, 0.29) is 16.2 Å². The molecular weight excluding hydrogens is 682 g/mol. The Morgan fingerprint density at radius 2 is 0.642 bits per heavy atom. The Bertz CT molecular complexity index is 1900. The molecule has 0 unspecified atom stereocenters. The summed E-state index contributed by atoms with van der Waals surface area (Å²) < 4.78 is 12.9. The first kappa shape index (κ1) is 38.5. The van der Waals surface area contributed by atoms with Crippen LogP contribution in [0.15, 0.2) is 146 Å². The van der Waals surface area contributed by atoms with Gasteiger partial charge in [-0.25, -0.2) is 0 Å². The van der Waals surface area contributed by atoms with Gasteiger partial charge in [-0.3, -0.25) is 0 Å². The molecule has 4 heteroatoms. The molecule has 0 aliphatic carbocycles. The van der Waals surface area contributed by atoms with E-state index in [1.54, 1.807) is 0 Å². The van der Waals surface area contributed by atoms with Crippen LogP contribution in [0.3, 0.4) is 0 Å². The Hall–Kier alpha value is -4.22. The Morgan fingerprint density at radius 3 is 0.868 bits per heavy atom. The Morgan fingerprint density at radius 1 is 0.377 bits per heavy atom. The molecule has 0 saturated carbocycles. The van der Waals surface area contributed by atoms with Crippen molar-refractivity contribution in [2.24, 2.45) is 0 Å². The second-order valence-electron chi connectivity index (χ2n) is 16.3. The lowest BCUT2D eigenvalue weighted by atomic mass is 9.73. The van der Waals surface area contributed by atoms with E-state index >= 15 is 0 Å². The van der Waals surface area contributed by atoms with Gasteiger partial charge in [-0.15, -0.1) is 0 Å². The third-order valence-electron chi connectivity index (χ3n) is 10.1. The molecule has 0 spiro atoms. The van der Waals surface area contributed by atoms with Crippen molar-refractivity contribution < 1.29 is 9.47 Å². The Balaban J connectivity index is 1.67. The van der Waals surface area contributed by atoms with Gasteiger partial charge in [-0.1, -0.05) is 189 Å². The van der Waals surface area contributed by atoms with Gasteiger partial charge in [0.1, 0.15) is 11.5 Å². The van der Waals surface area contributed by atoms with Gasteiger partial charge in [-0.2, -0.15) is 0 Å². The van der Waals surface area contributed by atoms with Crippen LogP contribution < -0.4 is 41.3 Å². The van der Waals surface area contributed by atoms with E-state index in [1.807, 2.05) is 14.2 Å². The van der Waals surface area contributed by atoms with Gasteiger partial charge in [0, 0.05) is 27.2 Å². The fourth-order valence-corrected chi connectivity index (χ4v) is 12.1. The summed E-state index contributed by atoms with van der Waals surface area (Å²) in [7, 11) is 1.83. The number of benzene rings is 6. The van der Waals surface area contributed by atoms with Crippen molar-refractivity contribution in [1.29, 1.82) is 0 Å². The predicted octanol–water partition coefficient (Wildman–Crippen LogP) is 10.1. The molecule has 6 aromatic rings. The maximum absolute atomic E-state index is 6.45. The van der Waals surface area contributed by atoms with Crippen LogP contribution in [0.1, 0.15) is 77.6 Å². The van der Waals surface area contributed by atoms with Crippen molar-refractivity contribution in [2.45, 2.75) is 71.6 Å². The fourth-order valence-electron chi connectivity index (χ4n) is 7.15. The SMILES string of the molecule is COc1c(P(c2ccccc2)c2ccccc2)cc(C(C)(C)c2cc(P(c3ccccc3)c3ccccc3)c(OC)c(C(C)(C)C)c2)cc1C(C)(C)C. The van der Waals surface area contributed by atoms with Crippen LogP contribution in [0.25, 0.3) is 0 Å². The standard InChI is InChI=1S/C49H54O2P2/c1-47(2,3)41-31-35(33-43(45(41)50-9)52(37-23-15-11-16-24-37)38-25-17-12-18-26-38)49(7,8)36-32-42(48(4,5)6)46(51-10)44(34-36)53(39-27-19-13-20-28-39)40-29-21-14-22-30-40/h11-34H,1-10H3. The van der Waals surface area contributed by atoms with Crippen LogP contribution in [-0.4, -0.2) is 14.2 Å². The molecule has 0 N–H and O–H groups in total. The number of hydrogen-bond donors (Lipinski definition) is 0. The average Bonchev–Trinajstić information content (AvgIpc) is 3.15. The summed E-state index contributed by atoms with van der Waals surface area (Å²) in [5.74, 6) is 1.97. The first-order valence-electron chi connectivity index (χ1n) is 18.5. The zero-order valence-electron chi connectivity index (χ0n) is 33.1. The highest BCUT2D eigenvalue weighted by Crippen LogP contribution is 2.47. The van der Waals surface area contributed by atoms with E-state index in [0.29, 0.717) is 0 Å². The van der Waals surface area contributed by atoms with Gasteiger partial charge >= 0.3 is 0 Å². The molecule has 2 nitrogen and oxygen atoms in total. The van der Waals surface area contributed by atoms with E-state index < -0.39 is 15.8 Å². The van der Waals surface area contributed by atoms with Crippen molar-refractivity contribution >= 4 is 47.7 Å². The topological polar surface area (TPSA) is 18.5 Å². The molecule has 0 saturated heterocycles. The minimum Gasteiger partial charge on any atom is -0.496 e. The van der Waals surface area contributed by atoms with Crippen LogP contribution in [0.4, 0.5) is 0 Å². The van der Waals surface area contributed by atoms with Crippen LogP contribution in [0.5, 0.6) is 11.5 Å². The first-order chi connectivity index (χ1) is 25.3. The lowest BCUT2D eigenvalue weighted by molar-refractivity contribution is 0.400. The van der Waals surface area contributed by atoms with Crippen molar-refractivity contribution in [3.8, 4) is 11.5 Å². The normalized spacial score (nSPS) is 12.3. The number of methoxy groups -OCH3 is 2. The maximum atomic E-state index is 6.45. The highest BCUT2D eigenvalue weighted by Gasteiger charge is 2.35. The summed E-state index contributed by atoms with van der Waals surface area (Å²) in [6, 6.07) is 53.6. The zero-order valence-corrected chi connectivity index (χ0v) is 34.9. The molecule has 0 fully saturated rings. The van der Waals surface area contributed by atoms with Crippen molar-refractivity contribution in [3.05, 3.63) is 168 Å². The molecule has 0 aliphatic heterocycles. The summed E-state index contributed by atoms with van der Waals surface area (Å²) in [6.07, 6.45) is 0. The summed E-state index contributed by atoms with van der Waals surface area (Å²) >= 11 is 0.